The second-order valence-electron chi connectivity index (χ2n) is 8.93. The van der Waals surface area contributed by atoms with Crippen LogP contribution in [0, 0.1) is 0 Å². The van der Waals surface area contributed by atoms with E-state index in [1.165, 1.54) is 6.33 Å². The Morgan fingerprint density at radius 2 is 1.92 bits per heavy atom. The zero-order chi connectivity index (χ0) is 25.5. The highest BCUT2D eigenvalue weighted by molar-refractivity contribution is 6.33. The van der Waals surface area contributed by atoms with E-state index in [0.717, 1.165) is 5.56 Å². The average Bonchev–Trinajstić information content (AvgIpc) is 3.32. The lowest BCUT2D eigenvalue weighted by atomic mass is 10.0. The number of carbonyl (C=O) groups is 1. The molecule has 2 aromatic carbocycles. The van der Waals surface area contributed by atoms with Crippen molar-refractivity contribution in [3.05, 3.63) is 83.2 Å². The first-order chi connectivity index (χ1) is 17.3. The summed E-state index contributed by atoms with van der Waals surface area (Å²) in [4.78, 5) is 24.1. The van der Waals surface area contributed by atoms with Crippen LogP contribution >= 0.6 is 11.6 Å². The summed E-state index contributed by atoms with van der Waals surface area (Å²) in [5.41, 5.74) is 1.49. The lowest BCUT2D eigenvalue weighted by molar-refractivity contribution is 0.0641. The van der Waals surface area contributed by atoms with Gasteiger partial charge in [0.25, 0.3) is 5.91 Å². The van der Waals surface area contributed by atoms with E-state index in [4.69, 9.17) is 16.3 Å². The predicted molar refractivity (Wildman–Crippen MR) is 137 cm³/mol. The average molecular weight is 507 g/mol. The van der Waals surface area contributed by atoms with Crippen molar-refractivity contribution in [2.24, 2.45) is 0 Å². The first-order valence-corrected chi connectivity index (χ1v) is 11.9. The fourth-order valence-electron chi connectivity index (χ4n) is 3.50. The van der Waals surface area contributed by atoms with Crippen LogP contribution in [-0.4, -0.2) is 48.4 Å². The predicted octanol–water partition coefficient (Wildman–Crippen LogP) is 4.69. The molecule has 4 rings (SSSR count). The van der Waals surface area contributed by atoms with Crippen LogP contribution in [0.25, 0.3) is 11.3 Å². The molecule has 2 aromatic heterocycles. The van der Waals surface area contributed by atoms with E-state index in [-0.39, 0.29) is 5.82 Å². The van der Waals surface area contributed by atoms with Crippen LogP contribution < -0.4 is 10.1 Å². The second kappa shape index (κ2) is 11.3. The number of hydrogen-bond donors (Lipinski definition) is 3. The molecule has 9 nitrogen and oxygen atoms in total. The highest BCUT2D eigenvalue weighted by Crippen LogP contribution is 2.31. The third-order valence-corrected chi connectivity index (χ3v) is 5.62. The topological polar surface area (TPSA) is 126 Å². The summed E-state index contributed by atoms with van der Waals surface area (Å²) in [6.45, 7) is 4.00. The fourth-order valence-corrected chi connectivity index (χ4v) is 3.72. The normalized spacial score (nSPS) is 11.3. The number of carbonyl (C=O) groups excluding carboxylic acids is 1. The Kier molecular flexibility index (Phi) is 7.92. The maximum absolute atomic E-state index is 12.7. The van der Waals surface area contributed by atoms with Crippen molar-refractivity contribution in [1.82, 2.24) is 25.1 Å². The van der Waals surface area contributed by atoms with Gasteiger partial charge in [0.1, 0.15) is 23.7 Å². The number of hydrogen-bond acceptors (Lipinski definition) is 7. The Morgan fingerprint density at radius 1 is 1.11 bits per heavy atom. The van der Waals surface area contributed by atoms with Crippen LogP contribution in [0.2, 0.25) is 5.02 Å². The largest absolute Gasteiger partial charge is 0.494 e. The van der Waals surface area contributed by atoms with Crippen LogP contribution in [-0.2, 0) is 6.42 Å². The van der Waals surface area contributed by atoms with Crippen molar-refractivity contribution in [3.8, 4) is 17.0 Å². The van der Waals surface area contributed by atoms with E-state index in [1.54, 1.807) is 38.1 Å². The van der Waals surface area contributed by atoms with Crippen LogP contribution in [0.4, 0.5) is 5.82 Å². The number of ether oxygens (including phenoxy) is 1. The first kappa shape index (κ1) is 25.3. The molecular weight excluding hydrogens is 480 g/mol. The molecule has 36 heavy (non-hydrogen) atoms. The number of benzene rings is 2. The number of nitrogens with one attached hydrogen (secondary N) is 2. The van der Waals surface area contributed by atoms with E-state index < -0.39 is 11.5 Å². The molecule has 186 valence electrons. The van der Waals surface area contributed by atoms with Gasteiger partial charge in [0.15, 0.2) is 0 Å². The summed E-state index contributed by atoms with van der Waals surface area (Å²) in [7, 11) is 0. The SMILES string of the molecule is CC(C)(O)CCCOc1ccc(Cl)c(-c2cc(NC(=O)c3nnc(Cc4ccccc4)[nH]3)ncn2)c1. The molecule has 0 spiro atoms. The highest BCUT2D eigenvalue weighted by Gasteiger charge is 2.15. The first-order valence-electron chi connectivity index (χ1n) is 11.5. The van der Waals surface area contributed by atoms with Gasteiger partial charge >= 0.3 is 0 Å². The zero-order valence-electron chi connectivity index (χ0n) is 20.0. The van der Waals surface area contributed by atoms with Gasteiger partial charge in [0, 0.05) is 18.1 Å². The molecule has 0 aliphatic heterocycles. The quantitative estimate of drug-likeness (QED) is 0.266. The summed E-state index contributed by atoms with van der Waals surface area (Å²) in [5.74, 6) is 1.11. The minimum absolute atomic E-state index is 0.0839. The smallest absolute Gasteiger partial charge is 0.294 e. The third-order valence-electron chi connectivity index (χ3n) is 5.29. The van der Waals surface area contributed by atoms with Crippen molar-refractivity contribution in [2.45, 2.75) is 38.7 Å². The number of H-pyrrole nitrogens is 1. The van der Waals surface area contributed by atoms with Gasteiger partial charge in [-0.3, -0.25) is 4.79 Å². The molecule has 0 unspecified atom stereocenters. The maximum atomic E-state index is 12.7. The highest BCUT2D eigenvalue weighted by atomic mass is 35.5. The van der Waals surface area contributed by atoms with Gasteiger partial charge < -0.3 is 20.1 Å². The van der Waals surface area contributed by atoms with Gasteiger partial charge in [-0.1, -0.05) is 41.9 Å². The van der Waals surface area contributed by atoms with Crippen LogP contribution in [0.5, 0.6) is 5.75 Å². The number of anilines is 1. The summed E-state index contributed by atoms with van der Waals surface area (Å²) < 4.78 is 5.81. The van der Waals surface area contributed by atoms with Crippen LogP contribution in [0.15, 0.2) is 60.9 Å². The second-order valence-corrected chi connectivity index (χ2v) is 9.34. The van der Waals surface area contributed by atoms with Gasteiger partial charge in [-0.2, -0.15) is 0 Å². The van der Waals surface area contributed by atoms with E-state index in [9.17, 15) is 9.90 Å². The number of amides is 1. The molecule has 4 aromatic rings. The third kappa shape index (κ3) is 7.10. The Morgan fingerprint density at radius 3 is 2.69 bits per heavy atom. The van der Waals surface area contributed by atoms with E-state index in [2.05, 4.69) is 30.5 Å². The molecule has 2 heterocycles. The zero-order valence-corrected chi connectivity index (χ0v) is 20.8. The molecule has 3 N–H and O–H groups in total. The Hall–Kier alpha value is -3.82. The van der Waals surface area contributed by atoms with Gasteiger partial charge in [-0.25, -0.2) is 9.97 Å². The maximum Gasteiger partial charge on any atom is 0.294 e. The molecule has 0 aliphatic carbocycles. The van der Waals surface area contributed by atoms with Crippen LogP contribution in [0.3, 0.4) is 0 Å². The number of nitrogens with zero attached hydrogens (tertiary/aromatic N) is 4. The minimum atomic E-state index is -0.731. The molecule has 0 radical (unpaired) electrons. The minimum Gasteiger partial charge on any atom is -0.494 e. The van der Waals surface area contributed by atoms with Crippen LogP contribution in [0.1, 0.15) is 48.7 Å². The van der Waals surface area contributed by atoms with E-state index >= 15 is 0 Å². The van der Waals surface area contributed by atoms with E-state index in [0.29, 0.717) is 59.5 Å². The number of aliphatic hydroxyl groups is 1. The van der Waals surface area contributed by atoms with Gasteiger partial charge in [-0.15, -0.1) is 10.2 Å². The number of halogens is 1. The Labute approximate surface area is 214 Å². The molecule has 1 amide bonds. The molecule has 0 bridgehead atoms. The Bertz CT molecular complexity index is 1320. The standard InChI is InChI=1S/C26H27ClN6O3/c1-26(2,35)11-6-12-36-18-9-10-20(27)19(14-18)21-15-22(29-16-28-21)31-25(34)24-30-23(32-33-24)13-17-7-4-3-5-8-17/h3-5,7-10,14-16,35H,6,11-13H2,1-2H3,(H,30,32,33)(H,28,29,31,34). The molecule has 0 saturated heterocycles. The lowest BCUT2D eigenvalue weighted by Crippen LogP contribution is -2.19. The summed E-state index contributed by atoms with van der Waals surface area (Å²) >= 11 is 6.42. The summed E-state index contributed by atoms with van der Waals surface area (Å²) in [5, 5.41) is 21.0. The molecular formula is C26H27ClN6O3. The number of aromatic nitrogens is 5. The Balaban J connectivity index is 1.42. The van der Waals surface area contributed by atoms with E-state index in [1.807, 2.05) is 30.3 Å². The van der Waals surface area contributed by atoms with Crippen molar-refractivity contribution < 1.29 is 14.6 Å². The van der Waals surface area contributed by atoms with Crippen molar-refractivity contribution in [1.29, 1.82) is 0 Å². The number of rotatable bonds is 10. The van der Waals surface area contributed by atoms with Gasteiger partial charge in [-0.05, 0) is 50.5 Å². The summed E-state index contributed by atoms with van der Waals surface area (Å²) in [6.07, 6.45) is 3.22. The van der Waals surface area contributed by atoms with Gasteiger partial charge in [0.05, 0.1) is 22.9 Å². The van der Waals surface area contributed by atoms with Crippen molar-refractivity contribution in [3.63, 3.8) is 0 Å². The van der Waals surface area contributed by atoms with Crippen molar-refractivity contribution in [2.75, 3.05) is 11.9 Å². The molecule has 0 aliphatic rings. The monoisotopic (exact) mass is 506 g/mol. The molecule has 0 fully saturated rings. The number of aromatic amines is 1. The molecule has 0 saturated carbocycles. The summed E-state index contributed by atoms with van der Waals surface area (Å²) in [6, 6.07) is 16.7. The van der Waals surface area contributed by atoms with Crippen molar-refractivity contribution >= 4 is 23.3 Å². The van der Waals surface area contributed by atoms with Gasteiger partial charge in [0.2, 0.25) is 5.82 Å². The lowest BCUT2D eigenvalue weighted by Gasteiger charge is -2.17. The molecule has 10 heteroatoms. The molecule has 0 atom stereocenters. The fraction of sp³-hybridized carbons (Fsp3) is 0.269.